The smallest absolute Gasteiger partial charge is 0.238 e. The number of hydrogen-bond acceptors (Lipinski definition) is 7. The first-order valence-electron chi connectivity index (χ1n) is 9.61. The highest BCUT2D eigenvalue weighted by Gasteiger charge is 2.15. The van der Waals surface area contributed by atoms with Crippen molar-refractivity contribution < 1.29 is 23.1 Å². The Morgan fingerprint density at radius 3 is 2.52 bits per heavy atom. The molecule has 3 N–H and O–H groups in total. The van der Waals surface area contributed by atoms with Crippen molar-refractivity contribution in [2.45, 2.75) is 19.4 Å². The number of hydrogen-bond donors (Lipinski definition) is 3. The summed E-state index contributed by atoms with van der Waals surface area (Å²) < 4.78 is 30.4. The highest BCUT2D eigenvalue weighted by Crippen LogP contribution is 2.16. The van der Waals surface area contributed by atoms with E-state index in [1.54, 1.807) is 53.5 Å². The van der Waals surface area contributed by atoms with E-state index >= 15 is 0 Å². The fourth-order valence-corrected chi connectivity index (χ4v) is 3.30. The molecule has 2 aromatic carbocycles. The van der Waals surface area contributed by atoms with Crippen molar-refractivity contribution in [1.29, 1.82) is 5.26 Å². The molecule has 0 saturated heterocycles. The normalized spacial score (nSPS) is 12.1. The lowest BCUT2D eigenvalue weighted by Gasteiger charge is -2.24. The Balaban J connectivity index is 1.83. The van der Waals surface area contributed by atoms with Crippen LogP contribution >= 0.6 is 0 Å². The Morgan fingerprint density at radius 1 is 1.23 bits per heavy atom. The number of rotatable bonds is 11. The van der Waals surface area contributed by atoms with Gasteiger partial charge in [-0.1, -0.05) is 31.2 Å². The Bertz CT molecular complexity index is 1020. The van der Waals surface area contributed by atoms with E-state index in [4.69, 9.17) is 10.00 Å². The van der Waals surface area contributed by atoms with Gasteiger partial charge in [-0.15, -0.1) is 0 Å². The molecule has 0 spiro atoms. The minimum absolute atomic E-state index is 0.0279. The van der Waals surface area contributed by atoms with Gasteiger partial charge in [-0.05, 0) is 29.8 Å². The average molecular weight is 447 g/mol. The van der Waals surface area contributed by atoms with Crippen molar-refractivity contribution in [3.63, 3.8) is 0 Å². The monoisotopic (exact) mass is 446 g/mol. The van der Waals surface area contributed by atoms with Crippen molar-refractivity contribution in [3.8, 4) is 11.8 Å². The lowest BCUT2D eigenvalue weighted by Crippen LogP contribution is -2.47. The number of para-hydroxylation sites is 1. The van der Waals surface area contributed by atoms with Crippen molar-refractivity contribution >= 4 is 21.6 Å². The number of carbonyl (C=O) groups is 1. The second-order valence-corrected chi connectivity index (χ2v) is 8.64. The molecule has 0 heterocycles. The molecule has 0 saturated carbocycles. The number of anilines is 1. The molecular weight excluding hydrogens is 420 g/mol. The number of aliphatic hydroxyl groups excluding tert-OH is 1. The molecule has 9 nitrogen and oxygen atoms in total. The number of sulfonamides is 1. The molecule has 1 amide bonds. The van der Waals surface area contributed by atoms with Crippen LogP contribution in [0.3, 0.4) is 0 Å². The number of hydrazine groups is 1. The Kier molecular flexibility index (Phi) is 8.81. The standard InChI is InChI=1S/C21H26N4O5S/c1-3-25(14-19(26)15-30-20-7-5-4-6-17(20)13-22)23-21(27)12-16-8-10-18(11-9-16)24-31(2,28)29/h4-11,19,24,26H,3,12,14-15H2,1-2H3,(H,23,27). The first-order valence-corrected chi connectivity index (χ1v) is 11.5. The Hall–Kier alpha value is -3.13. The number of nitriles is 1. The minimum Gasteiger partial charge on any atom is -0.489 e. The molecule has 10 heteroatoms. The number of aliphatic hydroxyl groups is 1. The zero-order valence-corrected chi connectivity index (χ0v) is 18.2. The summed E-state index contributed by atoms with van der Waals surface area (Å²) in [5.74, 6) is 0.124. The molecule has 0 aliphatic carbocycles. The van der Waals surface area contributed by atoms with Gasteiger partial charge in [0.25, 0.3) is 0 Å². The fraction of sp³-hybridized carbons (Fsp3) is 0.333. The Labute approximate surface area is 182 Å². The quantitative estimate of drug-likeness (QED) is 0.443. The van der Waals surface area contributed by atoms with E-state index in [1.807, 2.05) is 13.0 Å². The van der Waals surface area contributed by atoms with Crippen LogP contribution in [-0.4, -0.2) is 56.5 Å². The highest BCUT2D eigenvalue weighted by atomic mass is 32.2. The first-order chi connectivity index (χ1) is 14.7. The molecular formula is C21H26N4O5S. The molecule has 0 bridgehead atoms. The minimum atomic E-state index is -3.36. The third kappa shape index (κ3) is 8.64. The maximum atomic E-state index is 12.3. The van der Waals surface area contributed by atoms with Gasteiger partial charge in [0.2, 0.25) is 15.9 Å². The summed E-state index contributed by atoms with van der Waals surface area (Å²) in [7, 11) is -3.36. The van der Waals surface area contributed by atoms with Gasteiger partial charge in [0.1, 0.15) is 24.5 Å². The van der Waals surface area contributed by atoms with E-state index in [-0.39, 0.29) is 25.5 Å². The third-order valence-electron chi connectivity index (χ3n) is 4.16. The van der Waals surface area contributed by atoms with Gasteiger partial charge in [0, 0.05) is 18.8 Å². The second-order valence-electron chi connectivity index (χ2n) is 6.89. The molecule has 0 radical (unpaired) electrons. The lowest BCUT2D eigenvalue weighted by molar-refractivity contribution is -0.125. The average Bonchev–Trinajstić information content (AvgIpc) is 2.72. The predicted octanol–water partition coefficient (Wildman–Crippen LogP) is 1.27. The van der Waals surface area contributed by atoms with E-state index in [2.05, 4.69) is 10.1 Å². The van der Waals surface area contributed by atoms with Crippen molar-refractivity contribution in [2.24, 2.45) is 0 Å². The SMILES string of the molecule is CCN(CC(O)COc1ccccc1C#N)NC(=O)Cc1ccc(NS(C)(=O)=O)cc1. The molecule has 1 unspecified atom stereocenters. The molecule has 1 atom stereocenters. The van der Waals surface area contributed by atoms with Crippen LogP contribution in [-0.2, 0) is 21.2 Å². The summed E-state index contributed by atoms with van der Waals surface area (Å²) in [5, 5.41) is 20.9. The summed E-state index contributed by atoms with van der Waals surface area (Å²) in [5.41, 5.74) is 4.25. The summed E-state index contributed by atoms with van der Waals surface area (Å²) in [4.78, 5) is 12.3. The maximum absolute atomic E-state index is 12.3. The van der Waals surface area contributed by atoms with Crippen molar-refractivity contribution in [3.05, 3.63) is 59.7 Å². The van der Waals surface area contributed by atoms with Crippen LogP contribution in [0.5, 0.6) is 5.75 Å². The van der Waals surface area contributed by atoms with Crippen LogP contribution < -0.4 is 14.9 Å². The summed E-state index contributed by atoms with van der Waals surface area (Å²) in [6.45, 7) is 2.42. The zero-order valence-electron chi connectivity index (χ0n) is 17.4. The molecule has 2 aromatic rings. The van der Waals surface area contributed by atoms with E-state index < -0.39 is 16.1 Å². The largest absolute Gasteiger partial charge is 0.489 e. The first kappa shape index (κ1) is 24.1. The van der Waals surface area contributed by atoms with E-state index in [9.17, 15) is 18.3 Å². The molecule has 31 heavy (non-hydrogen) atoms. The highest BCUT2D eigenvalue weighted by molar-refractivity contribution is 7.92. The summed E-state index contributed by atoms with van der Waals surface area (Å²) in [6, 6.07) is 15.3. The number of carbonyl (C=O) groups excluding carboxylic acids is 1. The van der Waals surface area contributed by atoms with Gasteiger partial charge in [0.05, 0.1) is 18.2 Å². The number of amides is 1. The molecule has 2 rings (SSSR count). The molecule has 0 aliphatic rings. The van der Waals surface area contributed by atoms with E-state index in [1.165, 1.54) is 0 Å². The number of likely N-dealkylation sites (N-methyl/N-ethyl adjacent to an activating group) is 1. The van der Waals surface area contributed by atoms with Crippen LogP contribution in [0.4, 0.5) is 5.69 Å². The topological polar surface area (TPSA) is 132 Å². The maximum Gasteiger partial charge on any atom is 0.238 e. The number of benzene rings is 2. The molecule has 0 aromatic heterocycles. The lowest BCUT2D eigenvalue weighted by atomic mass is 10.1. The number of nitrogens with one attached hydrogen (secondary N) is 2. The van der Waals surface area contributed by atoms with Crippen LogP contribution in [0, 0.1) is 11.3 Å². The van der Waals surface area contributed by atoms with Gasteiger partial charge in [0.15, 0.2) is 0 Å². The van der Waals surface area contributed by atoms with E-state index in [0.29, 0.717) is 29.1 Å². The fourth-order valence-electron chi connectivity index (χ4n) is 2.74. The summed E-state index contributed by atoms with van der Waals surface area (Å²) >= 11 is 0. The molecule has 0 fully saturated rings. The number of nitrogens with zero attached hydrogens (tertiary/aromatic N) is 2. The van der Waals surface area contributed by atoms with Crippen LogP contribution in [0.1, 0.15) is 18.1 Å². The van der Waals surface area contributed by atoms with Gasteiger partial charge < -0.3 is 9.84 Å². The molecule has 0 aliphatic heterocycles. The van der Waals surface area contributed by atoms with Crippen LogP contribution in [0.2, 0.25) is 0 Å². The van der Waals surface area contributed by atoms with Crippen LogP contribution in [0.25, 0.3) is 0 Å². The number of ether oxygens (including phenoxy) is 1. The molecule has 166 valence electrons. The van der Waals surface area contributed by atoms with Gasteiger partial charge in [-0.3, -0.25) is 14.9 Å². The predicted molar refractivity (Wildman–Crippen MR) is 117 cm³/mol. The summed E-state index contributed by atoms with van der Waals surface area (Å²) in [6.07, 6.45) is 0.279. The Morgan fingerprint density at radius 2 is 1.90 bits per heavy atom. The third-order valence-corrected chi connectivity index (χ3v) is 4.76. The van der Waals surface area contributed by atoms with Crippen LogP contribution in [0.15, 0.2) is 48.5 Å². The van der Waals surface area contributed by atoms with Gasteiger partial charge in [-0.2, -0.15) is 5.26 Å². The van der Waals surface area contributed by atoms with Gasteiger partial charge >= 0.3 is 0 Å². The van der Waals surface area contributed by atoms with E-state index in [0.717, 1.165) is 6.26 Å². The van der Waals surface area contributed by atoms with Crippen molar-refractivity contribution in [1.82, 2.24) is 10.4 Å². The second kappa shape index (κ2) is 11.3. The van der Waals surface area contributed by atoms with Gasteiger partial charge in [-0.25, -0.2) is 13.4 Å². The van der Waals surface area contributed by atoms with Crippen molar-refractivity contribution in [2.75, 3.05) is 30.7 Å². The zero-order chi connectivity index (χ0) is 22.9.